The molecule has 0 saturated heterocycles. The second kappa shape index (κ2) is 13.5. The monoisotopic (exact) mass is 637 g/mol. The van der Waals surface area contributed by atoms with Crippen LogP contribution in [-0.4, -0.2) is 49.5 Å². The lowest BCUT2D eigenvalue weighted by molar-refractivity contribution is -0.140. The van der Waals surface area contributed by atoms with Crippen LogP contribution in [0.3, 0.4) is 0 Å². The van der Waals surface area contributed by atoms with E-state index in [2.05, 4.69) is 5.32 Å². The van der Waals surface area contributed by atoms with Crippen molar-refractivity contribution in [3.63, 3.8) is 0 Å². The summed E-state index contributed by atoms with van der Waals surface area (Å²) < 4.78 is 26.8. The van der Waals surface area contributed by atoms with Crippen molar-refractivity contribution in [1.29, 1.82) is 0 Å². The minimum absolute atomic E-state index is 0.00551. The summed E-state index contributed by atoms with van der Waals surface area (Å²) in [5.74, 6) is -0.955. The number of aryl methyl sites for hydroxylation is 1. The number of halogens is 3. The first-order chi connectivity index (χ1) is 19.0. The summed E-state index contributed by atoms with van der Waals surface area (Å²) in [5, 5.41) is 3.22. The van der Waals surface area contributed by atoms with Gasteiger partial charge in [-0.05, 0) is 51.0 Å². The molecule has 3 aromatic rings. The molecule has 0 aliphatic rings. The van der Waals surface area contributed by atoms with Gasteiger partial charge in [0.2, 0.25) is 21.8 Å². The van der Waals surface area contributed by atoms with E-state index in [1.807, 2.05) is 82.3 Å². The zero-order valence-corrected chi connectivity index (χ0v) is 26.7. The average Bonchev–Trinajstić information content (AvgIpc) is 2.87. The number of rotatable bonds is 10. The van der Waals surface area contributed by atoms with E-state index in [1.54, 1.807) is 0 Å². The summed E-state index contributed by atoms with van der Waals surface area (Å²) in [4.78, 5) is 29.3. The van der Waals surface area contributed by atoms with Gasteiger partial charge < -0.3 is 10.2 Å². The predicted molar refractivity (Wildman–Crippen MR) is 167 cm³/mol. The third kappa shape index (κ3) is 9.36. The Balaban J connectivity index is 2.11. The van der Waals surface area contributed by atoms with Gasteiger partial charge in [-0.3, -0.25) is 13.9 Å². The Bertz CT molecular complexity index is 1490. The summed E-state index contributed by atoms with van der Waals surface area (Å²) in [5.41, 5.74) is 2.10. The van der Waals surface area contributed by atoms with Crippen LogP contribution in [0.2, 0.25) is 15.1 Å². The van der Waals surface area contributed by atoms with Gasteiger partial charge in [0.15, 0.2) is 0 Å². The number of nitrogens with one attached hydrogen (secondary N) is 1. The Kier molecular flexibility index (Phi) is 10.7. The highest BCUT2D eigenvalue weighted by atomic mass is 35.5. The summed E-state index contributed by atoms with van der Waals surface area (Å²) in [6.45, 7) is 6.97. The zero-order chi connectivity index (χ0) is 30.5. The lowest BCUT2D eigenvalue weighted by Gasteiger charge is -2.35. The molecular weight excluding hydrogens is 605 g/mol. The molecule has 2 amide bonds. The van der Waals surface area contributed by atoms with Gasteiger partial charge in [0.05, 0.1) is 27.0 Å². The Morgan fingerprint density at radius 2 is 1.46 bits per heavy atom. The van der Waals surface area contributed by atoms with Gasteiger partial charge in [0.1, 0.15) is 12.6 Å². The van der Waals surface area contributed by atoms with E-state index in [1.165, 1.54) is 17.0 Å². The maximum Gasteiger partial charge on any atom is 0.244 e. The van der Waals surface area contributed by atoms with Crippen molar-refractivity contribution in [3.05, 3.63) is 98.5 Å². The van der Waals surface area contributed by atoms with Gasteiger partial charge in [-0.25, -0.2) is 8.42 Å². The third-order valence-corrected chi connectivity index (χ3v) is 8.33. The highest BCUT2D eigenvalue weighted by molar-refractivity contribution is 7.92. The Labute approximate surface area is 257 Å². The second-order valence-electron chi connectivity index (χ2n) is 10.9. The number of carbonyl (C=O) groups is 2. The number of benzene rings is 3. The molecule has 0 aromatic heterocycles. The summed E-state index contributed by atoms with van der Waals surface area (Å²) in [6.07, 6.45) is 1.18. The summed E-state index contributed by atoms with van der Waals surface area (Å²) in [6, 6.07) is 18.6. The molecule has 0 radical (unpaired) electrons. The molecule has 1 N–H and O–H groups in total. The number of hydrogen-bond acceptors (Lipinski definition) is 4. The number of sulfonamides is 1. The third-order valence-electron chi connectivity index (χ3n) is 6.18. The zero-order valence-electron chi connectivity index (χ0n) is 23.6. The van der Waals surface area contributed by atoms with Gasteiger partial charge in [-0.15, -0.1) is 0 Å². The van der Waals surface area contributed by atoms with Crippen molar-refractivity contribution in [2.75, 3.05) is 17.1 Å². The molecule has 11 heteroatoms. The van der Waals surface area contributed by atoms with Gasteiger partial charge in [0.25, 0.3) is 0 Å². The van der Waals surface area contributed by atoms with Crippen molar-refractivity contribution in [2.24, 2.45) is 0 Å². The van der Waals surface area contributed by atoms with Crippen LogP contribution in [0.5, 0.6) is 0 Å². The van der Waals surface area contributed by atoms with Crippen molar-refractivity contribution in [3.8, 4) is 0 Å². The molecule has 0 aliphatic carbocycles. The molecule has 7 nitrogen and oxygen atoms in total. The highest BCUT2D eigenvalue weighted by Crippen LogP contribution is 2.35. The fraction of sp³-hybridized carbons (Fsp3) is 0.333. The fourth-order valence-corrected chi connectivity index (χ4v) is 5.74. The van der Waals surface area contributed by atoms with Gasteiger partial charge in [-0.2, -0.15) is 0 Å². The minimum Gasteiger partial charge on any atom is -0.350 e. The number of carbonyl (C=O) groups excluding carboxylic acids is 2. The Morgan fingerprint density at radius 1 is 0.878 bits per heavy atom. The number of anilines is 1. The van der Waals surface area contributed by atoms with Crippen LogP contribution < -0.4 is 9.62 Å². The van der Waals surface area contributed by atoms with Crippen LogP contribution in [0.15, 0.2) is 66.7 Å². The smallest absolute Gasteiger partial charge is 0.244 e. The van der Waals surface area contributed by atoms with E-state index in [0.29, 0.717) is 0 Å². The van der Waals surface area contributed by atoms with Crippen LogP contribution >= 0.6 is 34.8 Å². The first-order valence-electron chi connectivity index (χ1n) is 12.9. The first-order valence-corrected chi connectivity index (χ1v) is 15.9. The molecule has 0 bridgehead atoms. The largest absolute Gasteiger partial charge is 0.350 e. The maximum absolute atomic E-state index is 14.1. The van der Waals surface area contributed by atoms with Crippen LogP contribution in [-0.2, 0) is 32.6 Å². The van der Waals surface area contributed by atoms with Crippen LogP contribution in [0, 0.1) is 6.92 Å². The molecule has 41 heavy (non-hydrogen) atoms. The quantitative estimate of drug-likeness (QED) is 0.265. The lowest BCUT2D eigenvalue weighted by Crippen LogP contribution is -2.56. The predicted octanol–water partition coefficient (Wildman–Crippen LogP) is 6.28. The molecular formula is C30H34Cl3N3O4S. The van der Waals surface area contributed by atoms with Crippen LogP contribution in [0.4, 0.5) is 5.69 Å². The molecule has 220 valence electrons. The van der Waals surface area contributed by atoms with Crippen molar-refractivity contribution >= 4 is 62.3 Å². The number of amides is 2. The van der Waals surface area contributed by atoms with Crippen molar-refractivity contribution in [1.82, 2.24) is 10.2 Å². The van der Waals surface area contributed by atoms with E-state index in [-0.39, 0.29) is 39.6 Å². The van der Waals surface area contributed by atoms with E-state index in [9.17, 15) is 18.0 Å². The van der Waals surface area contributed by atoms with Gasteiger partial charge >= 0.3 is 0 Å². The van der Waals surface area contributed by atoms with Crippen LogP contribution in [0.25, 0.3) is 0 Å². The standard InChI is InChI=1S/C30H34Cl3N3O4S/c1-20-11-13-22(14-12-20)18-35(27(29(38)34-30(2,3)4)15-21-9-7-6-8-10-21)28(37)19-36(41(5,39)40)26-17-24(32)23(31)16-25(26)33/h6-14,16-17,27H,15,18-19H2,1-5H3,(H,34,38)/t27-/m0/s1. The van der Waals surface area contributed by atoms with Gasteiger partial charge in [-0.1, -0.05) is 95.0 Å². The summed E-state index contributed by atoms with van der Waals surface area (Å²) in [7, 11) is -4.01. The SMILES string of the molecule is Cc1ccc(CN(C(=O)CN(c2cc(Cl)c(Cl)cc2Cl)S(C)(=O)=O)[C@@H](Cc2ccccc2)C(=O)NC(C)(C)C)cc1. The van der Waals surface area contributed by atoms with E-state index < -0.39 is 34.1 Å². The van der Waals surface area contributed by atoms with Crippen LogP contribution in [0.1, 0.15) is 37.5 Å². The van der Waals surface area contributed by atoms with E-state index >= 15 is 0 Å². The molecule has 0 heterocycles. The van der Waals surface area contributed by atoms with Crippen molar-refractivity contribution in [2.45, 2.75) is 52.2 Å². The average molecular weight is 639 g/mol. The summed E-state index contributed by atoms with van der Waals surface area (Å²) >= 11 is 18.6. The molecule has 0 unspecified atom stereocenters. The topological polar surface area (TPSA) is 86.8 Å². The number of hydrogen-bond donors (Lipinski definition) is 1. The van der Waals surface area contributed by atoms with Crippen molar-refractivity contribution < 1.29 is 18.0 Å². The molecule has 0 spiro atoms. The molecule has 0 fully saturated rings. The Morgan fingerprint density at radius 3 is 2.02 bits per heavy atom. The van der Waals surface area contributed by atoms with Gasteiger partial charge in [0, 0.05) is 18.5 Å². The molecule has 3 rings (SSSR count). The van der Waals surface area contributed by atoms with E-state index in [0.717, 1.165) is 27.3 Å². The highest BCUT2D eigenvalue weighted by Gasteiger charge is 2.34. The maximum atomic E-state index is 14.1. The number of nitrogens with zero attached hydrogens (tertiary/aromatic N) is 2. The minimum atomic E-state index is -4.01. The fourth-order valence-electron chi connectivity index (χ4n) is 4.19. The lowest BCUT2D eigenvalue weighted by atomic mass is 10.0. The molecule has 0 saturated carbocycles. The molecule has 0 aliphatic heterocycles. The first kappa shape index (κ1) is 32.7. The van der Waals surface area contributed by atoms with E-state index in [4.69, 9.17) is 34.8 Å². The Hall–Kier alpha value is -2.78. The normalized spacial score (nSPS) is 12.5. The second-order valence-corrected chi connectivity index (χ2v) is 14.1. The molecule has 3 aromatic carbocycles. The molecule has 1 atom stereocenters.